The van der Waals surface area contributed by atoms with Crippen molar-refractivity contribution in [1.82, 2.24) is 0 Å². The Labute approximate surface area is 68.8 Å². The fraction of sp³-hybridized carbons (Fsp3) is 0.400. The van der Waals surface area contributed by atoms with Gasteiger partial charge in [-0.25, -0.2) is 0 Å². The fourth-order valence-electron chi connectivity index (χ4n) is 0.733. The lowest BCUT2D eigenvalue weighted by Gasteiger charge is -1.99. The van der Waals surface area contributed by atoms with Gasteiger partial charge in [-0.1, -0.05) is 24.1 Å². The molecule has 0 aromatic rings. The van der Waals surface area contributed by atoms with Crippen LogP contribution in [0.3, 0.4) is 0 Å². The second kappa shape index (κ2) is 5.76. The van der Waals surface area contributed by atoms with Crippen LogP contribution in [0.1, 0.15) is 13.8 Å². The van der Waals surface area contributed by atoms with E-state index in [1.807, 2.05) is 19.9 Å². The summed E-state index contributed by atoms with van der Waals surface area (Å²) in [5.41, 5.74) is 2.18. The van der Waals surface area contributed by atoms with E-state index < -0.39 is 0 Å². The smallest absolute Gasteiger partial charge is 0.107 e. The van der Waals surface area contributed by atoms with Gasteiger partial charge in [0.05, 0.1) is 6.61 Å². The van der Waals surface area contributed by atoms with Crippen molar-refractivity contribution in [2.75, 3.05) is 13.2 Å². The first-order valence-corrected chi connectivity index (χ1v) is 3.50. The Morgan fingerprint density at radius 3 is 2.73 bits per heavy atom. The molecule has 0 fully saturated rings. The maximum Gasteiger partial charge on any atom is 0.107 e. The van der Waals surface area contributed by atoms with E-state index in [2.05, 4.69) is 12.5 Å². The molecule has 0 heterocycles. The van der Waals surface area contributed by atoms with Crippen LogP contribution in [0, 0.1) is 12.3 Å². The summed E-state index contributed by atoms with van der Waals surface area (Å²) < 4.78 is 5.10. The molecule has 0 rings (SSSR count). The SMILES string of the molecule is C#CCOC/C(C)=C/C(=C)C. The van der Waals surface area contributed by atoms with Gasteiger partial charge in [0.15, 0.2) is 0 Å². The fourth-order valence-corrected chi connectivity index (χ4v) is 0.733. The normalized spacial score (nSPS) is 10.8. The molecule has 0 aliphatic heterocycles. The number of hydrogen-bond acceptors (Lipinski definition) is 1. The van der Waals surface area contributed by atoms with Gasteiger partial charge in [0.2, 0.25) is 0 Å². The van der Waals surface area contributed by atoms with Crippen LogP contribution in [0.25, 0.3) is 0 Å². The molecule has 11 heavy (non-hydrogen) atoms. The first kappa shape index (κ1) is 10.0. The highest BCUT2D eigenvalue weighted by Crippen LogP contribution is 1.98. The Morgan fingerprint density at radius 2 is 2.27 bits per heavy atom. The van der Waals surface area contributed by atoms with Crippen molar-refractivity contribution >= 4 is 0 Å². The molecular formula is C10H14O. The maximum atomic E-state index is 5.10. The Hall–Kier alpha value is -1.00. The van der Waals surface area contributed by atoms with Gasteiger partial charge < -0.3 is 4.74 Å². The average Bonchev–Trinajstić information content (AvgIpc) is 1.86. The Kier molecular flexibility index (Phi) is 5.24. The number of terminal acetylenes is 1. The van der Waals surface area contributed by atoms with Crippen LogP contribution in [0.2, 0.25) is 0 Å². The van der Waals surface area contributed by atoms with Crippen molar-refractivity contribution in [3.05, 3.63) is 23.8 Å². The van der Waals surface area contributed by atoms with Crippen LogP contribution in [-0.2, 0) is 4.74 Å². The molecule has 0 saturated carbocycles. The average molecular weight is 150 g/mol. The highest BCUT2D eigenvalue weighted by atomic mass is 16.5. The van der Waals surface area contributed by atoms with Crippen LogP contribution in [0.5, 0.6) is 0 Å². The van der Waals surface area contributed by atoms with E-state index in [9.17, 15) is 0 Å². The van der Waals surface area contributed by atoms with Crippen LogP contribution in [0.4, 0.5) is 0 Å². The molecule has 0 aromatic heterocycles. The molecule has 0 bridgehead atoms. The van der Waals surface area contributed by atoms with Crippen molar-refractivity contribution in [3.8, 4) is 12.3 Å². The molecule has 0 radical (unpaired) electrons. The van der Waals surface area contributed by atoms with Crippen LogP contribution < -0.4 is 0 Å². The summed E-state index contributed by atoms with van der Waals surface area (Å²) in [4.78, 5) is 0. The molecule has 0 atom stereocenters. The number of hydrogen-bond donors (Lipinski definition) is 0. The predicted octanol–water partition coefficient (Wildman–Crippen LogP) is 2.16. The third-order valence-electron chi connectivity index (χ3n) is 1.01. The molecule has 0 aliphatic rings. The van der Waals surface area contributed by atoms with Crippen molar-refractivity contribution in [2.45, 2.75) is 13.8 Å². The van der Waals surface area contributed by atoms with Crippen LogP contribution in [0.15, 0.2) is 23.8 Å². The lowest BCUT2D eigenvalue weighted by Crippen LogP contribution is -1.95. The zero-order valence-corrected chi connectivity index (χ0v) is 7.18. The third kappa shape index (κ3) is 6.89. The molecule has 0 amide bonds. The van der Waals surface area contributed by atoms with Gasteiger partial charge in [0.25, 0.3) is 0 Å². The van der Waals surface area contributed by atoms with Crippen molar-refractivity contribution < 1.29 is 4.74 Å². The van der Waals surface area contributed by atoms with E-state index in [0.717, 1.165) is 11.1 Å². The van der Waals surface area contributed by atoms with E-state index in [0.29, 0.717) is 13.2 Å². The monoisotopic (exact) mass is 150 g/mol. The standard InChI is InChI=1S/C10H14O/c1-5-6-11-8-10(4)7-9(2)3/h1,7H,2,6,8H2,3-4H3/b10-7+. The Morgan fingerprint density at radius 1 is 1.64 bits per heavy atom. The minimum Gasteiger partial charge on any atom is -0.364 e. The minimum atomic E-state index is 0.376. The summed E-state index contributed by atoms with van der Waals surface area (Å²) in [5.74, 6) is 2.40. The van der Waals surface area contributed by atoms with E-state index in [-0.39, 0.29) is 0 Å². The van der Waals surface area contributed by atoms with Crippen LogP contribution >= 0.6 is 0 Å². The van der Waals surface area contributed by atoms with Crippen LogP contribution in [-0.4, -0.2) is 13.2 Å². The van der Waals surface area contributed by atoms with Gasteiger partial charge in [-0.15, -0.1) is 6.42 Å². The van der Waals surface area contributed by atoms with Crippen molar-refractivity contribution in [3.63, 3.8) is 0 Å². The van der Waals surface area contributed by atoms with Gasteiger partial charge in [-0.3, -0.25) is 0 Å². The molecule has 0 unspecified atom stereocenters. The molecule has 1 nitrogen and oxygen atoms in total. The summed E-state index contributed by atoms with van der Waals surface area (Å²) in [5, 5.41) is 0. The second-order valence-corrected chi connectivity index (χ2v) is 2.53. The Bertz CT molecular complexity index is 193. The predicted molar refractivity (Wildman–Crippen MR) is 48.2 cm³/mol. The largest absolute Gasteiger partial charge is 0.364 e. The first-order valence-electron chi connectivity index (χ1n) is 3.50. The first-order chi connectivity index (χ1) is 5.16. The summed E-state index contributed by atoms with van der Waals surface area (Å²) >= 11 is 0. The highest BCUT2D eigenvalue weighted by Gasteiger charge is 1.87. The maximum absolute atomic E-state index is 5.10. The van der Waals surface area contributed by atoms with Gasteiger partial charge in [-0.05, 0) is 19.4 Å². The third-order valence-corrected chi connectivity index (χ3v) is 1.01. The summed E-state index contributed by atoms with van der Waals surface area (Å²) in [6.07, 6.45) is 6.99. The molecular weight excluding hydrogens is 136 g/mol. The Balaban J connectivity index is 3.61. The van der Waals surface area contributed by atoms with E-state index in [1.165, 1.54) is 0 Å². The van der Waals surface area contributed by atoms with Gasteiger partial charge in [0.1, 0.15) is 6.61 Å². The summed E-state index contributed by atoms with van der Waals surface area (Å²) in [6, 6.07) is 0. The molecule has 0 N–H and O–H groups in total. The second-order valence-electron chi connectivity index (χ2n) is 2.53. The van der Waals surface area contributed by atoms with E-state index in [1.54, 1.807) is 0 Å². The molecule has 0 saturated heterocycles. The zero-order valence-electron chi connectivity index (χ0n) is 7.18. The zero-order chi connectivity index (χ0) is 8.69. The topological polar surface area (TPSA) is 9.23 Å². The van der Waals surface area contributed by atoms with Gasteiger partial charge in [0, 0.05) is 0 Å². The van der Waals surface area contributed by atoms with E-state index >= 15 is 0 Å². The van der Waals surface area contributed by atoms with E-state index in [4.69, 9.17) is 11.2 Å². The molecule has 0 spiro atoms. The number of ether oxygens (including phenoxy) is 1. The number of allylic oxidation sites excluding steroid dienone is 2. The van der Waals surface area contributed by atoms with Crippen molar-refractivity contribution in [1.29, 1.82) is 0 Å². The lowest BCUT2D eigenvalue weighted by atomic mass is 10.2. The molecule has 0 aromatic carbocycles. The van der Waals surface area contributed by atoms with Gasteiger partial charge in [-0.2, -0.15) is 0 Å². The summed E-state index contributed by atoms with van der Waals surface area (Å²) in [7, 11) is 0. The summed E-state index contributed by atoms with van der Waals surface area (Å²) in [6.45, 7) is 8.66. The molecule has 60 valence electrons. The van der Waals surface area contributed by atoms with Crippen molar-refractivity contribution in [2.24, 2.45) is 0 Å². The lowest BCUT2D eigenvalue weighted by molar-refractivity contribution is 0.192. The number of rotatable bonds is 4. The highest BCUT2D eigenvalue weighted by molar-refractivity contribution is 5.17. The molecule has 1 heteroatoms. The van der Waals surface area contributed by atoms with Gasteiger partial charge >= 0.3 is 0 Å². The molecule has 0 aliphatic carbocycles. The quantitative estimate of drug-likeness (QED) is 0.339. The minimum absolute atomic E-state index is 0.376.